The third-order valence-electron chi connectivity index (χ3n) is 5.30. The maximum absolute atomic E-state index is 13.5. The van der Waals surface area contributed by atoms with Gasteiger partial charge in [0.1, 0.15) is 11.5 Å². The van der Waals surface area contributed by atoms with E-state index in [1.165, 1.54) is 0 Å². The number of methoxy groups -OCH3 is 1. The Morgan fingerprint density at radius 2 is 1.66 bits per heavy atom. The molecule has 0 amide bonds. The molecule has 0 spiro atoms. The van der Waals surface area contributed by atoms with Gasteiger partial charge in [0.2, 0.25) is 0 Å². The van der Waals surface area contributed by atoms with E-state index in [0.717, 1.165) is 34.2 Å². The Bertz CT molecular complexity index is 1210. The number of hydrogen-bond donors (Lipinski definition) is 1. The maximum Gasteiger partial charge on any atom is 0.263 e. The van der Waals surface area contributed by atoms with Crippen molar-refractivity contribution in [1.29, 1.82) is 0 Å². The van der Waals surface area contributed by atoms with Crippen molar-refractivity contribution in [3.63, 3.8) is 0 Å². The lowest BCUT2D eigenvalue weighted by molar-refractivity contribution is 0.414. The number of rotatable bonds is 5. The third kappa shape index (κ3) is 3.38. The van der Waals surface area contributed by atoms with Crippen molar-refractivity contribution in [2.45, 2.75) is 19.9 Å². The molecule has 1 heterocycles. The first-order chi connectivity index (χ1) is 14.1. The van der Waals surface area contributed by atoms with Crippen LogP contribution >= 0.6 is 0 Å². The molecule has 4 nitrogen and oxygen atoms in total. The first-order valence-electron chi connectivity index (χ1n) is 9.69. The Kier molecular flexibility index (Phi) is 5.09. The van der Waals surface area contributed by atoms with Gasteiger partial charge in [-0.1, -0.05) is 61.5 Å². The van der Waals surface area contributed by atoms with Crippen LogP contribution in [0.4, 0.5) is 0 Å². The number of hydrogen-bond acceptors (Lipinski definition) is 3. The predicted molar refractivity (Wildman–Crippen MR) is 117 cm³/mol. The van der Waals surface area contributed by atoms with Gasteiger partial charge in [-0.05, 0) is 41.3 Å². The third-order valence-corrected chi connectivity index (χ3v) is 5.30. The number of fused-ring (bicyclic) bond motifs is 1. The molecule has 0 aliphatic heterocycles. The minimum absolute atomic E-state index is 0.0552. The van der Waals surface area contributed by atoms with Gasteiger partial charge in [0, 0.05) is 5.39 Å². The quantitative estimate of drug-likeness (QED) is 0.526. The normalized spacial score (nSPS) is 11.0. The Morgan fingerprint density at radius 3 is 2.31 bits per heavy atom. The highest BCUT2D eigenvalue weighted by Crippen LogP contribution is 2.35. The number of aromatic hydroxyl groups is 1. The van der Waals surface area contributed by atoms with E-state index in [2.05, 4.69) is 6.92 Å². The summed E-state index contributed by atoms with van der Waals surface area (Å²) in [6, 6.07) is 22.9. The second-order valence-corrected chi connectivity index (χ2v) is 6.99. The fourth-order valence-electron chi connectivity index (χ4n) is 3.79. The van der Waals surface area contributed by atoms with Gasteiger partial charge in [0.25, 0.3) is 5.56 Å². The molecule has 0 unspecified atom stereocenters. The molecule has 0 aliphatic rings. The van der Waals surface area contributed by atoms with Crippen LogP contribution in [0.15, 0.2) is 77.6 Å². The molecule has 4 aromatic rings. The number of aromatic nitrogens is 1. The first kappa shape index (κ1) is 18.8. The summed E-state index contributed by atoms with van der Waals surface area (Å²) in [6.07, 6.45) is 0.764. The van der Waals surface area contributed by atoms with E-state index in [1.54, 1.807) is 11.7 Å². The Labute approximate surface area is 169 Å². The van der Waals surface area contributed by atoms with Crippen LogP contribution in [0.25, 0.3) is 22.0 Å². The van der Waals surface area contributed by atoms with Crippen LogP contribution in [0.1, 0.15) is 18.1 Å². The molecule has 0 radical (unpaired) electrons. The van der Waals surface area contributed by atoms with Gasteiger partial charge in [-0.2, -0.15) is 0 Å². The zero-order valence-electron chi connectivity index (χ0n) is 16.6. The predicted octanol–water partition coefficient (Wildman–Crippen LogP) is 4.99. The van der Waals surface area contributed by atoms with Gasteiger partial charge in [-0.15, -0.1) is 0 Å². The fourth-order valence-corrected chi connectivity index (χ4v) is 3.79. The molecule has 4 rings (SSSR count). The van der Waals surface area contributed by atoms with Crippen LogP contribution in [-0.2, 0) is 13.0 Å². The molecule has 0 saturated carbocycles. The second-order valence-electron chi connectivity index (χ2n) is 6.99. The van der Waals surface area contributed by atoms with Gasteiger partial charge in [-0.3, -0.25) is 4.79 Å². The molecule has 29 heavy (non-hydrogen) atoms. The molecule has 1 aromatic heterocycles. The van der Waals surface area contributed by atoms with E-state index in [9.17, 15) is 9.90 Å². The molecule has 1 N–H and O–H groups in total. The number of aryl methyl sites for hydroxylation is 1. The summed E-state index contributed by atoms with van der Waals surface area (Å²) in [6.45, 7) is 2.46. The van der Waals surface area contributed by atoms with E-state index in [0.29, 0.717) is 17.7 Å². The Hall–Kier alpha value is -3.53. The van der Waals surface area contributed by atoms with E-state index < -0.39 is 0 Å². The Morgan fingerprint density at radius 1 is 0.931 bits per heavy atom. The van der Waals surface area contributed by atoms with Crippen LogP contribution in [0.2, 0.25) is 0 Å². The summed E-state index contributed by atoms with van der Waals surface area (Å²) in [4.78, 5) is 13.5. The zero-order chi connectivity index (χ0) is 20.4. The van der Waals surface area contributed by atoms with Gasteiger partial charge >= 0.3 is 0 Å². The fraction of sp³-hybridized carbons (Fsp3) is 0.160. The molecular formula is C25H23NO3. The molecule has 4 heteroatoms. The van der Waals surface area contributed by atoms with Crippen molar-refractivity contribution in [2.24, 2.45) is 0 Å². The molecular weight excluding hydrogens is 362 g/mol. The summed E-state index contributed by atoms with van der Waals surface area (Å²) >= 11 is 0. The number of nitrogens with zero attached hydrogens (tertiary/aromatic N) is 1. The average molecular weight is 385 g/mol. The molecule has 0 fully saturated rings. The molecule has 146 valence electrons. The van der Waals surface area contributed by atoms with Gasteiger partial charge in [0.05, 0.1) is 24.7 Å². The largest absolute Gasteiger partial charge is 0.506 e. The van der Waals surface area contributed by atoms with E-state index in [1.807, 2.05) is 72.8 Å². The number of pyridine rings is 1. The number of benzene rings is 3. The van der Waals surface area contributed by atoms with Crippen molar-refractivity contribution >= 4 is 10.9 Å². The first-order valence-corrected chi connectivity index (χ1v) is 9.69. The zero-order valence-corrected chi connectivity index (χ0v) is 16.6. The topological polar surface area (TPSA) is 51.5 Å². The molecule has 0 atom stereocenters. The average Bonchev–Trinajstić information content (AvgIpc) is 2.77. The van der Waals surface area contributed by atoms with Gasteiger partial charge in [-0.25, -0.2) is 0 Å². The van der Waals surface area contributed by atoms with Crippen LogP contribution < -0.4 is 10.3 Å². The summed E-state index contributed by atoms with van der Waals surface area (Å²) in [5.74, 6) is 0.828. The minimum Gasteiger partial charge on any atom is -0.506 e. The lowest BCUT2D eigenvalue weighted by Gasteiger charge is -2.17. The van der Waals surface area contributed by atoms with Crippen molar-refractivity contribution in [3.8, 4) is 22.6 Å². The Balaban J connectivity index is 2.00. The highest BCUT2D eigenvalue weighted by atomic mass is 16.5. The molecule has 0 aliphatic carbocycles. The monoisotopic (exact) mass is 385 g/mol. The molecule has 3 aromatic carbocycles. The second kappa shape index (κ2) is 7.84. The van der Waals surface area contributed by atoms with Crippen LogP contribution in [0.3, 0.4) is 0 Å². The van der Waals surface area contributed by atoms with E-state index in [4.69, 9.17) is 4.74 Å². The summed E-state index contributed by atoms with van der Waals surface area (Å²) < 4.78 is 6.98. The van der Waals surface area contributed by atoms with Crippen molar-refractivity contribution < 1.29 is 9.84 Å². The summed E-state index contributed by atoms with van der Waals surface area (Å²) in [5, 5.41) is 11.9. The molecule has 0 saturated heterocycles. The maximum atomic E-state index is 13.5. The highest BCUT2D eigenvalue weighted by molar-refractivity contribution is 5.94. The van der Waals surface area contributed by atoms with Gasteiger partial charge < -0.3 is 14.4 Å². The van der Waals surface area contributed by atoms with Crippen molar-refractivity contribution in [1.82, 2.24) is 4.57 Å². The van der Waals surface area contributed by atoms with Crippen LogP contribution in [-0.4, -0.2) is 16.8 Å². The standard InChI is InChI=1S/C25H23NO3/c1-3-18-10-7-11-21-22(18)24(27)23(19-8-5-4-6-9-19)25(28)26(21)16-17-12-14-20(29-2)15-13-17/h4-15,27H,3,16H2,1-2H3. The molecule has 0 bridgehead atoms. The van der Waals surface area contributed by atoms with Gasteiger partial charge in [0.15, 0.2) is 0 Å². The van der Waals surface area contributed by atoms with E-state index >= 15 is 0 Å². The smallest absolute Gasteiger partial charge is 0.263 e. The lowest BCUT2D eigenvalue weighted by atomic mass is 9.98. The van der Waals surface area contributed by atoms with Crippen LogP contribution in [0.5, 0.6) is 11.5 Å². The van der Waals surface area contributed by atoms with Crippen LogP contribution in [0, 0.1) is 0 Å². The lowest BCUT2D eigenvalue weighted by Crippen LogP contribution is -2.23. The van der Waals surface area contributed by atoms with Crippen molar-refractivity contribution in [3.05, 3.63) is 94.3 Å². The van der Waals surface area contributed by atoms with E-state index in [-0.39, 0.29) is 11.3 Å². The van der Waals surface area contributed by atoms with Crippen molar-refractivity contribution in [2.75, 3.05) is 7.11 Å². The number of ether oxygens (including phenoxy) is 1. The highest BCUT2D eigenvalue weighted by Gasteiger charge is 2.19. The summed E-state index contributed by atoms with van der Waals surface area (Å²) in [7, 11) is 1.63. The summed E-state index contributed by atoms with van der Waals surface area (Å²) in [5.41, 5.74) is 3.59. The SMILES string of the molecule is CCc1cccc2c1c(O)c(-c1ccccc1)c(=O)n2Cc1ccc(OC)cc1. The minimum atomic E-state index is -0.203.